The van der Waals surface area contributed by atoms with E-state index in [1.54, 1.807) is 6.26 Å². The van der Waals surface area contributed by atoms with E-state index in [1.807, 2.05) is 4.98 Å². The molecule has 0 bridgehead atoms. The van der Waals surface area contributed by atoms with Gasteiger partial charge < -0.3 is 9.63 Å². The van der Waals surface area contributed by atoms with Crippen molar-refractivity contribution in [2.75, 3.05) is 12.9 Å². The first-order valence-corrected chi connectivity index (χ1v) is 13.1. The molecule has 1 aromatic rings. The summed E-state index contributed by atoms with van der Waals surface area (Å²) in [6.07, 6.45) is 1.64. The van der Waals surface area contributed by atoms with E-state index < -0.39 is 58.3 Å². The van der Waals surface area contributed by atoms with Crippen molar-refractivity contribution in [3.05, 3.63) is 33.1 Å². The van der Waals surface area contributed by atoms with E-state index >= 15 is 0 Å². The molecule has 0 aromatic carbocycles. The number of phosphoric ester groups is 1. The monoisotopic (exact) mass is 515 g/mol. The first-order chi connectivity index (χ1) is 13.3. The Hall–Kier alpha value is -0.400. The predicted molar refractivity (Wildman–Crippen MR) is 99.5 cm³/mol. The summed E-state index contributed by atoms with van der Waals surface area (Å²) in [7, 11) is -14.2. The number of H-pyrrole nitrogens is 1. The van der Waals surface area contributed by atoms with Gasteiger partial charge in [-0.05, 0) is 10.6 Å². The molecule has 0 radical (unpaired) electrons. The van der Waals surface area contributed by atoms with E-state index in [2.05, 4.69) is 13.1 Å². The third-order valence-corrected chi connectivity index (χ3v) is 8.46. The van der Waals surface area contributed by atoms with Crippen LogP contribution >= 0.6 is 47.3 Å². The fraction of sp³-hybridized carbons (Fsp3) is 0.600. The highest BCUT2D eigenvalue weighted by atomic mass is 35.5. The van der Waals surface area contributed by atoms with E-state index in [0.29, 0.717) is 0 Å². The Morgan fingerprint density at radius 3 is 2.66 bits per heavy atom. The van der Waals surface area contributed by atoms with Gasteiger partial charge in [0.05, 0.1) is 12.0 Å². The van der Waals surface area contributed by atoms with Crippen LogP contribution in [0.2, 0.25) is 0 Å². The zero-order valence-electron chi connectivity index (χ0n) is 14.3. The van der Waals surface area contributed by atoms with Crippen molar-refractivity contribution in [1.82, 2.24) is 9.55 Å². The Balaban J connectivity index is 2.13. The summed E-state index contributed by atoms with van der Waals surface area (Å²) in [6.45, 7) is -0.689. The first-order valence-electron chi connectivity index (χ1n) is 7.34. The second kappa shape index (κ2) is 9.39. The molecule has 1 aliphatic heterocycles. The topological polar surface area (TPSA) is 204 Å². The van der Waals surface area contributed by atoms with Crippen LogP contribution in [0.25, 0.3) is 0 Å². The number of halogens is 1. The number of rotatable bonds is 9. The zero-order chi connectivity index (χ0) is 22.0. The molecule has 29 heavy (non-hydrogen) atoms. The summed E-state index contributed by atoms with van der Waals surface area (Å²) in [4.78, 5) is 51.0. The summed E-state index contributed by atoms with van der Waals surface area (Å²) in [6, 6.07) is 1.07. The lowest BCUT2D eigenvalue weighted by molar-refractivity contribution is -0.0435. The minimum absolute atomic E-state index is 0.00173. The molecule has 3 unspecified atom stereocenters. The van der Waals surface area contributed by atoms with Gasteiger partial charge in [-0.15, -0.1) is 28.3 Å². The van der Waals surface area contributed by atoms with E-state index in [1.165, 1.54) is 0 Å². The summed E-state index contributed by atoms with van der Waals surface area (Å²) in [5, 5.41) is -0.820. The molecule has 4 N–H and O–H groups in total. The van der Waals surface area contributed by atoms with Gasteiger partial charge in [0.25, 0.3) is 5.56 Å². The first kappa shape index (κ1) is 24.9. The SMILES string of the molecule is CS[C@@]1(COP(=O)(O)OP(=O)(O)O[P+](=O)O)C[C@@H](Cl)[C@@H](n2ccc(=O)[nH]c2=O)O1. The Bertz CT molecular complexity index is 985. The Morgan fingerprint density at radius 2 is 2.10 bits per heavy atom. The third kappa shape index (κ3) is 6.79. The minimum Gasteiger partial charge on any atom is -0.337 e. The highest BCUT2D eigenvalue weighted by Crippen LogP contribution is 2.64. The zero-order valence-corrected chi connectivity index (χ0v) is 18.6. The molecular weight excluding hydrogens is 501 g/mol. The summed E-state index contributed by atoms with van der Waals surface area (Å²) in [5.41, 5.74) is -1.42. The molecule has 14 nitrogen and oxygen atoms in total. The number of hydrogen-bond acceptors (Lipinski definition) is 10. The maximum absolute atomic E-state index is 11.9. The molecule has 0 spiro atoms. The predicted octanol–water partition coefficient (Wildman–Crippen LogP) is 1.02. The van der Waals surface area contributed by atoms with Crippen molar-refractivity contribution in [1.29, 1.82) is 0 Å². The van der Waals surface area contributed by atoms with Gasteiger partial charge >= 0.3 is 29.6 Å². The Kier molecular flexibility index (Phi) is 8.05. The second-order valence-electron chi connectivity index (χ2n) is 5.47. The maximum Gasteiger partial charge on any atom is 0.705 e. The van der Waals surface area contributed by atoms with Crippen molar-refractivity contribution >= 4 is 47.3 Å². The van der Waals surface area contributed by atoms with Crippen LogP contribution in [0, 0.1) is 0 Å². The summed E-state index contributed by atoms with van der Waals surface area (Å²) < 4.78 is 52.6. The number of thioether (sulfide) groups is 1. The van der Waals surface area contributed by atoms with Crippen LogP contribution in [0.5, 0.6) is 0 Å². The van der Waals surface area contributed by atoms with Crippen LogP contribution in [0.3, 0.4) is 0 Å². The second-order valence-corrected chi connectivity index (χ2v) is 11.1. The normalized spacial score (nSPS) is 29.2. The van der Waals surface area contributed by atoms with Gasteiger partial charge in [-0.3, -0.25) is 23.8 Å². The molecule has 0 aliphatic carbocycles. The van der Waals surface area contributed by atoms with Crippen LogP contribution in [-0.2, 0) is 31.6 Å². The van der Waals surface area contributed by atoms with Crippen LogP contribution in [0.1, 0.15) is 12.6 Å². The van der Waals surface area contributed by atoms with E-state index in [9.17, 15) is 28.2 Å². The molecule has 0 amide bonds. The number of aromatic amines is 1. The molecule has 1 aromatic heterocycles. The van der Waals surface area contributed by atoms with Gasteiger partial charge in [-0.1, -0.05) is 0 Å². The molecule has 19 heteroatoms. The van der Waals surface area contributed by atoms with Gasteiger partial charge in [0.2, 0.25) is 0 Å². The number of phosphoric acid groups is 2. The van der Waals surface area contributed by atoms with Crippen molar-refractivity contribution in [2.45, 2.75) is 23.0 Å². The van der Waals surface area contributed by atoms with Crippen LogP contribution in [-0.4, -0.2) is 47.4 Å². The highest BCUT2D eigenvalue weighted by molar-refractivity contribution is 7.99. The highest BCUT2D eigenvalue weighted by Gasteiger charge is 2.50. The van der Waals surface area contributed by atoms with Gasteiger partial charge in [0.1, 0.15) is 4.93 Å². The molecule has 164 valence electrons. The molecule has 1 aliphatic rings. The largest absolute Gasteiger partial charge is 0.705 e. The van der Waals surface area contributed by atoms with E-state index in [-0.39, 0.29) is 6.42 Å². The number of alkyl halides is 1. The fourth-order valence-electron chi connectivity index (χ4n) is 2.32. The lowest BCUT2D eigenvalue weighted by Gasteiger charge is -2.27. The average molecular weight is 516 g/mol. The van der Waals surface area contributed by atoms with Gasteiger partial charge in [-0.2, -0.15) is 4.31 Å². The van der Waals surface area contributed by atoms with E-state index in [0.717, 1.165) is 28.6 Å². The van der Waals surface area contributed by atoms with Crippen molar-refractivity contribution in [3.8, 4) is 0 Å². The Morgan fingerprint density at radius 1 is 1.45 bits per heavy atom. The lowest BCUT2D eigenvalue weighted by atomic mass is 10.2. The van der Waals surface area contributed by atoms with Crippen LogP contribution in [0.15, 0.2) is 21.9 Å². The molecular formula is C10H15ClN2O12P3S+. The molecule has 2 heterocycles. The summed E-state index contributed by atoms with van der Waals surface area (Å²) >= 11 is 7.23. The average Bonchev–Trinajstić information content (AvgIpc) is 2.88. The molecule has 1 saturated heterocycles. The third-order valence-electron chi connectivity index (χ3n) is 3.48. The molecule has 6 atom stereocenters. The maximum atomic E-state index is 11.9. The number of hydrogen-bond donors (Lipinski definition) is 4. The molecule has 0 saturated carbocycles. The standard InChI is InChI=1S/C10H14ClN2O12P3S/c1-29-10(5-22-27(18,19)25-28(20,21)24-26(16)17)4-6(11)8(23-10)13-3-2-7(14)12-9(13)15/h2-3,6,8H,4-5H2,1H3,(H3-,12,14,15,16,17,18,19,20,21)/p+1/t6-,8+,10-/m1/s1. The number of nitrogens with one attached hydrogen (secondary N) is 1. The van der Waals surface area contributed by atoms with E-state index in [4.69, 9.17) is 26.1 Å². The minimum atomic E-state index is -5.37. The van der Waals surface area contributed by atoms with Crippen molar-refractivity contribution in [3.63, 3.8) is 0 Å². The smallest absolute Gasteiger partial charge is 0.337 e. The van der Waals surface area contributed by atoms with Crippen molar-refractivity contribution < 1.29 is 46.3 Å². The fourth-order valence-corrected chi connectivity index (χ4v) is 6.33. The van der Waals surface area contributed by atoms with Gasteiger partial charge in [0.15, 0.2) is 6.23 Å². The lowest BCUT2D eigenvalue weighted by Crippen LogP contribution is -2.35. The molecule has 1 fully saturated rings. The van der Waals surface area contributed by atoms with Gasteiger partial charge in [-0.25, -0.2) is 13.9 Å². The van der Waals surface area contributed by atoms with Crippen LogP contribution < -0.4 is 11.2 Å². The molecule has 2 rings (SSSR count). The Labute approximate surface area is 172 Å². The van der Waals surface area contributed by atoms with Crippen molar-refractivity contribution in [2.24, 2.45) is 0 Å². The number of nitrogens with zero attached hydrogens (tertiary/aromatic N) is 1. The summed E-state index contributed by atoms with van der Waals surface area (Å²) in [5.74, 6) is 0. The quantitative estimate of drug-likeness (QED) is 0.268. The van der Waals surface area contributed by atoms with Gasteiger partial charge in [0, 0.05) is 23.2 Å². The van der Waals surface area contributed by atoms with Crippen LogP contribution in [0.4, 0.5) is 0 Å². The number of ether oxygens (including phenoxy) is 1. The number of aromatic nitrogens is 2.